The van der Waals surface area contributed by atoms with Gasteiger partial charge in [0.05, 0.1) is 5.92 Å². The molecule has 0 spiro atoms. The number of aliphatic carboxylic acids is 1. The lowest BCUT2D eigenvalue weighted by atomic mass is 9.99. The Balaban J connectivity index is 1.94. The first kappa shape index (κ1) is 16.9. The van der Waals surface area contributed by atoms with E-state index in [1.165, 1.54) is 0 Å². The average Bonchev–Trinajstić information content (AvgIpc) is 2.50. The minimum absolute atomic E-state index is 0.0526. The molecule has 0 aliphatic carbocycles. The van der Waals surface area contributed by atoms with Crippen molar-refractivity contribution in [2.24, 2.45) is 5.92 Å². The van der Waals surface area contributed by atoms with Gasteiger partial charge in [-0.1, -0.05) is 43.0 Å². The largest absolute Gasteiger partial charge is 0.481 e. The van der Waals surface area contributed by atoms with Gasteiger partial charge in [0.1, 0.15) is 0 Å². The lowest BCUT2D eigenvalue weighted by molar-refractivity contribution is -0.147. The molecule has 4 nitrogen and oxygen atoms in total. The van der Waals surface area contributed by atoms with E-state index in [0.717, 1.165) is 11.1 Å². The van der Waals surface area contributed by atoms with Gasteiger partial charge in [0.2, 0.25) is 0 Å². The maximum absolute atomic E-state index is 12.2. The number of carboxylic acid groups (broad SMARTS) is 1. The molecule has 0 bridgehead atoms. The molecule has 2 rings (SSSR count). The number of allylic oxidation sites excluding steroid dienone is 4. The first-order valence-electron chi connectivity index (χ1n) is 7.55. The molecule has 1 aliphatic heterocycles. The van der Waals surface area contributed by atoms with Crippen LogP contribution in [0.2, 0.25) is 0 Å². The van der Waals surface area contributed by atoms with Crippen LogP contribution in [0.15, 0.2) is 61.2 Å². The molecule has 0 atom stereocenters. The molecule has 23 heavy (non-hydrogen) atoms. The van der Waals surface area contributed by atoms with E-state index in [9.17, 15) is 9.59 Å². The predicted octanol–water partition coefficient (Wildman–Crippen LogP) is 3.07. The fourth-order valence-electron chi connectivity index (χ4n) is 2.51. The third kappa shape index (κ3) is 4.50. The molecule has 0 amide bonds. The Morgan fingerprint density at radius 2 is 1.87 bits per heavy atom. The molecule has 0 unspecified atom stereocenters. The molecule has 1 fully saturated rings. The summed E-state index contributed by atoms with van der Waals surface area (Å²) >= 11 is 0. The van der Waals surface area contributed by atoms with E-state index in [1.54, 1.807) is 30.4 Å². The summed E-state index contributed by atoms with van der Waals surface area (Å²) in [5.41, 5.74) is 2.54. The summed E-state index contributed by atoms with van der Waals surface area (Å²) in [6, 6.07) is 7.43. The number of ketones is 1. The fourth-order valence-corrected chi connectivity index (χ4v) is 2.51. The van der Waals surface area contributed by atoms with E-state index in [4.69, 9.17) is 5.11 Å². The van der Waals surface area contributed by atoms with Crippen LogP contribution in [0, 0.1) is 5.92 Å². The monoisotopic (exact) mass is 311 g/mol. The summed E-state index contributed by atoms with van der Waals surface area (Å²) in [5.74, 6) is -1.03. The zero-order valence-electron chi connectivity index (χ0n) is 13.1. The molecule has 1 N–H and O–H groups in total. The first-order valence-corrected chi connectivity index (χ1v) is 7.55. The number of rotatable bonds is 8. The van der Waals surface area contributed by atoms with Crippen LogP contribution in [-0.4, -0.2) is 34.8 Å². The Bertz CT molecular complexity index is 637. The van der Waals surface area contributed by atoms with Crippen LogP contribution >= 0.6 is 0 Å². The molecule has 1 aromatic carbocycles. The number of hydrogen-bond acceptors (Lipinski definition) is 3. The van der Waals surface area contributed by atoms with Crippen molar-refractivity contribution < 1.29 is 14.7 Å². The quantitative estimate of drug-likeness (QED) is 0.347. The summed E-state index contributed by atoms with van der Waals surface area (Å²) in [7, 11) is 0. The van der Waals surface area contributed by atoms with E-state index in [-0.39, 0.29) is 11.7 Å². The van der Waals surface area contributed by atoms with E-state index in [1.807, 2.05) is 12.1 Å². The van der Waals surface area contributed by atoms with Crippen LogP contribution < -0.4 is 0 Å². The van der Waals surface area contributed by atoms with Gasteiger partial charge in [0.15, 0.2) is 5.78 Å². The Morgan fingerprint density at radius 3 is 2.39 bits per heavy atom. The van der Waals surface area contributed by atoms with Gasteiger partial charge in [-0.2, -0.15) is 0 Å². The van der Waals surface area contributed by atoms with Crippen molar-refractivity contribution in [3.05, 3.63) is 72.4 Å². The van der Waals surface area contributed by atoms with Crippen molar-refractivity contribution in [3.8, 4) is 0 Å². The third-order valence-electron chi connectivity index (χ3n) is 3.91. The van der Waals surface area contributed by atoms with Crippen LogP contribution in [-0.2, 0) is 11.3 Å². The maximum atomic E-state index is 12.2. The highest BCUT2D eigenvalue weighted by Crippen LogP contribution is 2.19. The number of carboxylic acids is 1. The summed E-state index contributed by atoms with van der Waals surface area (Å²) < 4.78 is 0. The molecule has 1 saturated heterocycles. The summed E-state index contributed by atoms with van der Waals surface area (Å²) in [6.07, 6.45) is 5.60. The molecule has 4 heteroatoms. The van der Waals surface area contributed by atoms with Crippen molar-refractivity contribution in [3.63, 3.8) is 0 Å². The molecule has 120 valence electrons. The first-order chi connectivity index (χ1) is 11.0. The lowest BCUT2D eigenvalue weighted by Crippen LogP contribution is -2.49. The maximum Gasteiger partial charge on any atom is 0.309 e. The van der Waals surface area contributed by atoms with Gasteiger partial charge in [-0.15, -0.1) is 6.58 Å². The Kier molecular flexibility index (Phi) is 5.66. The van der Waals surface area contributed by atoms with E-state index in [2.05, 4.69) is 18.1 Å². The van der Waals surface area contributed by atoms with Crippen LogP contribution in [0.25, 0.3) is 0 Å². The summed E-state index contributed by atoms with van der Waals surface area (Å²) in [4.78, 5) is 25.0. The van der Waals surface area contributed by atoms with Crippen LogP contribution in [0.5, 0.6) is 0 Å². The zero-order valence-corrected chi connectivity index (χ0v) is 13.1. The second-order valence-electron chi connectivity index (χ2n) is 5.71. The summed E-state index contributed by atoms with van der Waals surface area (Å²) in [6.45, 7) is 9.23. The van der Waals surface area contributed by atoms with Crippen molar-refractivity contribution in [2.75, 3.05) is 13.1 Å². The van der Waals surface area contributed by atoms with Crippen LogP contribution in [0.4, 0.5) is 0 Å². The predicted molar refractivity (Wildman–Crippen MR) is 90.3 cm³/mol. The highest BCUT2D eigenvalue weighted by molar-refractivity contribution is 6.05. The molecular formula is C19H21NO3. The number of carbonyl (C=O) groups is 2. The topological polar surface area (TPSA) is 57.6 Å². The highest BCUT2D eigenvalue weighted by atomic mass is 16.4. The van der Waals surface area contributed by atoms with E-state index in [0.29, 0.717) is 31.6 Å². The van der Waals surface area contributed by atoms with Crippen molar-refractivity contribution in [2.45, 2.75) is 13.0 Å². The molecule has 1 heterocycles. The van der Waals surface area contributed by atoms with E-state index >= 15 is 0 Å². The van der Waals surface area contributed by atoms with Crippen molar-refractivity contribution >= 4 is 11.8 Å². The van der Waals surface area contributed by atoms with Crippen molar-refractivity contribution in [1.82, 2.24) is 4.90 Å². The third-order valence-corrected chi connectivity index (χ3v) is 3.91. The van der Waals surface area contributed by atoms with Gasteiger partial charge in [-0.25, -0.2) is 0 Å². The number of benzene rings is 1. The van der Waals surface area contributed by atoms with Crippen LogP contribution in [0.1, 0.15) is 22.3 Å². The second kappa shape index (κ2) is 7.70. The number of likely N-dealkylation sites (tertiary alicyclic amines) is 1. The van der Waals surface area contributed by atoms with Gasteiger partial charge in [0.25, 0.3) is 0 Å². The second-order valence-corrected chi connectivity index (χ2v) is 5.71. The van der Waals surface area contributed by atoms with Gasteiger partial charge in [-0.3, -0.25) is 14.5 Å². The standard InChI is InChI=1S/C19H21NO3/c1-3-5-14(4-2)10-18(21)16-8-6-15(7-9-16)11-20-12-17(13-20)19(22)23/h3-4,6-10,17H,1-2,5,11-13H2,(H,22,23)/b14-10-. The summed E-state index contributed by atoms with van der Waals surface area (Å²) in [5, 5.41) is 8.86. The fraction of sp³-hybridized carbons (Fsp3) is 0.263. The SMILES string of the molecule is C=CC/C(C=C)=C\C(=O)c1ccc(CN2CC(C(=O)O)C2)cc1. The molecular weight excluding hydrogens is 290 g/mol. The van der Waals surface area contributed by atoms with E-state index < -0.39 is 5.97 Å². The van der Waals surface area contributed by atoms with Crippen LogP contribution in [0.3, 0.4) is 0 Å². The highest BCUT2D eigenvalue weighted by Gasteiger charge is 2.32. The molecule has 0 radical (unpaired) electrons. The molecule has 1 aromatic rings. The number of carbonyl (C=O) groups excluding carboxylic acids is 1. The Morgan fingerprint density at radius 1 is 1.22 bits per heavy atom. The Hall–Kier alpha value is -2.46. The Labute approximate surface area is 136 Å². The minimum atomic E-state index is -0.730. The molecule has 1 aliphatic rings. The van der Waals surface area contributed by atoms with Gasteiger partial charge >= 0.3 is 5.97 Å². The average molecular weight is 311 g/mol. The van der Waals surface area contributed by atoms with Gasteiger partial charge < -0.3 is 5.11 Å². The lowest BCUT2D eigenvalue weighted by Gasteiger charge is -2.36. The minimum Gasteiger partial charge on any atom is -0.481 e. The number of nitrogens with zero attached hydrogens (tertiary/aromatic N) is 1. The zero-order chi connectivity index (χ0) is 16.8. The number of hydrogen-bond donors (Lipinski definition) is 1. The molecule has 0 saturated carbocycles. The normalized spacial score (nSPS) is 15.7. The smallest absolute Gasteiger partial charge is 0.309 e. The van der Waals surface area contributed by atoms with Gasteiger partial charge in [-0.05, 0) is 23.6 Å². The molecule has 0 aromatic heterocycles. The van der Waals surface area contributed by atoms with Gasteiger partial charge in [0, 0.05) is 25.2 Å². The van der Waals surface area contributed by atoms with Crippen molar-refractivity contribution in [1.29, 1.82) is 0 Å².